The highest BCUT2D eigenvalue weighted by molar-refractivity contribution is 5.81. The molecular weight excluding hydrogens is 166 g/mol. The molecule has 1 saturated heterocycles. The second-order valence-electron chi connectivity index (χ2n) is 4.51. The van der Waals surface area contributed by atoms with Gasteiger partial charge in [0.25, 0.3) is 5.91 Å². The van der Waals surface area contributed by atoms with Gasteiger partial charge in [0.2, 0.25) is 0 Å². The average molecular weight is 185 g/mol. The predicted octanol–water partition coefficient (Wildman–Crippen LogP) is 0.158. The first kappa shape index (κ1) is 10.5. The fourth-order valence-electron chi connectivity index (χ4n) is 1.24. The molecule has 1 atom stereocenters. The van der Waals surface area contributed by atoms with E-state index in [0.717, 1.165) is 19.4 Å². The molecule has 0 bridgehead atoms. The number of hydrogen-bond acceptors (Lipinski definition) is 3. The molecule has 0 aliphatic carbocycles. The zero-order chi connectivity index (χ0) is 9.90. The number of hydrazine groups is 1. The van der Waals surface area contributed by atoms with E-state index in [1.807, 2.05) is 20.8 Å². The Kier molecular flexibility index (Phi) is 3.27. The van der Waals surface area contributed by atoms with Crippen LogP contribution in [0.5, 0.6) is 0 Å². The van der Waals surface area contributed by atoms with Gasteiger partial charge in [-0.2, -0.15) is 0 Å². The lowest BCUT2D eigenvalue weighted by atomic mass is 10.1. The van der Waals surface area contributed by atoms with Crippen molar-refractivity contribution in [3.63, 3.8) is 0 Å². The van der Waals surface area contributed by atoms with Crippen LogP contribution in [-0.2, 0) is 4.79 Å². The molecule has 0 spiro atoms. The molecule has 76 valence electrons. The Morgan fingerprint density at radius 3 is 2.62 bits per heavy atom. The van der Waals surface area contributed by atoms with E-state index in [1.54, 1.807) is 0 Å². The molecule has 1 aliphatic rings. The maximum absolute atomic E-state index is 11.5. The Morgan fingerprint density at radius 2 is 2.15 bits per heavy atom. The maximum Gasteiger partial charge on any atom is 0.251 e. The van der Waals surface area contributed by atoms with Crippen molar-refractivity contribution in [1.82, 2.24) is 16.2 Å². The second kappa shape index (κ2) is 4.07. The predicted molar refractivity (Wildman–Crippen MR) is 52.1 cm³/mol. The number of rotatable bonds is 2. The summed E-state index contributed by atoms with van der Waals surface area (Å²) in [6, 6.07) is -0.00477. The summed E-state index contributed by atoms with van der Waals surface area (Å²) in [5.74, 6) is 0.0485. The normalized spacial score (nSPS) is 23.2. The zero-order valence-electron chi connectivity index (χ0n) is 8.61. The van der Waals surface area contributed by atoms with Gasteiger partial charge in [0, 0.05) is 5.54 Å². The second-order valence-corrected chi connectivity index (χ2v) is 4.51. The van der Waals surface area contributed by atoms with E-state index >= 15 is 0 Å². The molecule has 0 aromatic rings. The number of carbonyl (C=O) groups excluding carboxylic acids is 1. The molecule has 13 heavy (non-hydrogen) atoms. The van der Waals surface area contributed by atoms with Gasteiger partial charge in [0.15, 0.2) is 0 Å². The zero-order valence-corrected chi connectivity index (χ0v) is 8.61. The first-order valence-electron chi connectivity index (χ1n) is 4.79. The number of carbonyl (C=O) groups is 1. The first-order chi connectivity index (χ1) is 5.99. The highest BCUT2D eigenvalue weighted by Crippen LogP contribution is 2.04. The Hall–Kier alpha value is -0.610. The quantitative estimate of drug-likeness (QED) is 0.537. The van der Waals surface area contributed by atoms with Crippen LogP contribution in [0.4, 0.5) is 0 Å². The van der Waals surface area contributed by atoms with Crippen LogP contribution in [-0.4, -0.2) is 24.0 Å². The van der Waals surface area contributed by atoms with Crippen LogP contribution in [0.3, 0.4) is 0 Å². The monoisotopic (exact) mass is 185 g/mol. The highest BCUT2D eigenvalue weighted by atomic mass is 16.2. The topological polar surface area (TPSA) is 53.2 Å². The minimum atomic E-state index is -0.0751. The largest absolute Gasteiger partial charge is 0.306 e. The number of nitrogens with one attached hydrogen (secondary N) is 3. The van der Waals surface area contributed by atoms with Crippen molar-refractivity contribution in [2.45, 2.75) is 45.2 Å². The maximum atomic E-state index is 11.5. The summed E-state index contributed by atoms with van der Waals surface area (Å²) < 4.78 is 0. The molecule has 1 fully saturated rings. The fourth-order valence-corrected chi connectivity index (χ4v) is 1.24. The fraction of sp³-hybridized carbons (Fsp3) is 0.889. The van der Waals surface area contributed by atoms with E-state index in [0.29, 0.717) is 0 Å². The van der Waals surface area contributed by atoms with Gasteiger partial charge >= 0.3 is 0 Å². The summed E-state index contributed by atoms with van der Waals surface area (Å²) in [4.78, 5) is 11.5. The summed E-state index contributed by atoms with van der Waals surface area (Å²) in [5, 5.41) is 3.14. The molecule has 1 amide bonds. The van der Waals surface area contributed by atoms with E-state index in [9.17, 15) is 4.79 Å². The lowest BCUT2D eigenvalue weighted by Gasteiger charge is -2.22. The Labute approximate surface area is 79.4 Å². The van der Waals surface area contributed by atoms with E-state index in [4.69, 9.17) is 0 Å². The third-order valence-electron chi connectivity index (χ3n) is 1.94. The number of amides is 1. The minimum Gasteiger partial charge on any atom is -0.306 e. The molecule has 1 heterocycles. The van der Waals surface area contributed by atoms with Gasteiger partial charge in [0.05, 0.1) is 6.04 Å². The van der Waals surface area contributed by atoms with Gasteiger partial charge in [-0.1, -0.05) is 0 Å². The van der Waals surface area contributed by atoms with Crippen LogP contribution >= 0.6 is 0 Å². The SMILES string of the molecule is CC(C)(C)NNC(=O)C1CCCN1. The van der Waals surface area contributed by atoms with Crippen LogP contribution in [0.2, 0.25) is 0 Å². The molecule has 0 saturated carbocycles. The molecule has 4 heteroatoms. The van der Waals surface area contributed by atoms with Gasteiger partial charge < -0.3 is 5.32 Å². The van der Waals surface area contributed by atoms with Crippen LogP contribution in [0.25, 0.3) is 0 Å². The van der Waals surface area contributed by atoms with Gasteiger partial charge in [-0.3, -0.25) is 10.2 Å². The van der Waals surface area contributed by atoms with E-state index < -0.39 is 0 Å². The van der Waals surface area contributed by atoms with Gasteiger partial charge in [-0.25, -0.2) is 5.43 Å². The van der Waals surface area contributed by atoms with Crippen molar-refractivity contribution >= 4 is 5.91 Å². The molecule has 0 aromatic carbocycles. The van der Waals surface area contributed by atoms with Crippen LogP contribution < -0.4 is 16.2 Å². The average Bonchev–Trinajstić information content (AvgIpc) is 2.50. The van der Waals surface area contributed by atoms with Gasteiger partial charge in [-0.15, -0.1) is 0 Å². The lowest BCUT2D eigenvalue weighted by molar-refractivity contribution is -0.124. The standard InChI is InChI=1S/C9H19N3O/c1-9(2,3)12-11-8(13)7-5-4-6-10-7/h7,10,12H,4-6H2,1-3H3,(H,11,13). The highest BCUT2D eigenvalue weighted by Gasteiger charge is 2.22. The summed E-state index contributed by atoms with van der Waals surface area (Å²) >= 11 is 0. The first-order valence-corrected chi connectivity index (χ1v) is 4.79. The van der Waals surface area contributed by atoms with E-state index in [2.05, 4.69) is 16.2 Å². The third-order valence-corrected chi connectivity index (χ3v) is 1.94. The molecule has 0 aromatic heterocycles. The molecular formula is C9H19N3O. The van der Waals surface area contributed by atoms with Crippen molar-refractivity contribution in [3.8, 4) is 0 Å². The summed E-state index contributed by atoms with van der Waals surface area (Å²) in [5.41, 5.74) is 5.60. The van der Waals surface area contributed by atoms with Crippen molar-refractivity contribution in [2.75, 3.05) is 6.54 Å². The lowest BCUT2D eigenvalue weighted by Crippen LogP contribution is -2.53. The van der Waals surface area contributed by atoms with Crippen LogP contribution in [0, 0.1) is 0 Å². The van der Waals surface area contributed by atoms with E-state index in [-0.39, 0.29) is 17.5 Å². The minimum absolute atomic E-state index is 0.00477. The van der Waals surface area contributed by atoms with Crippen LogP contribution in [0.15, 0.2) is 0 Å². The Balaban J connectivity index is 2.25. The molecule has 1 aliphatic heterocycles. The van der Waals surface area contributed by atoms with Gasteiger partial charge in [-0.05, 0) is 40.2 Å². The molecule has 3 N–H and O–H groups in total. The summed E-state index contributed by atoms with van der Waals surface area (Å²) in [7, 11) is 0. The summed E-state index contributed by atoms with van der Waals surface area (Å²) in [6.45, 7) is 6.98. The van der Waals surface area contributed by atoms with Crippen molar-refractivity contribution in [3.05, 3.63) is 0 Å². The summed E-state index contributed by atoms with van der Waals surface area (Å²) in [6.07, 6.45) is 2.03. The van der Waals surface area contributed by atoms with Gasteiger partial charge in [0.1, 0.15) is 0 Å². The van der Waals surface area contributed by atoms with Crippen molar-refractivity contribution < 1.29 is 4.79 Å². The van der Waals surface area contributed by atoms with Crippen molar-refractivity contribution in [1.29, 1.82) is 0 Å². The molecule has 0 radical (unpaired) electrons. The van der Waals surface area contributed by atoms with E-state index in [1.165, 1.54) is 0 Å². The third kappa shape index (κ3) is 3.74. The number of hydrogen-bond donors (Lipinski definition) is 3. The molecule has 1 rings (SSSR count). The Morgan fingerprint density at radius 1 is 1.46 bits per heavy atom. The van der Waals surface area contributed by atoms with Crippen molar-refractivity contribution in [2.24, 2.45) is 0 Å². The molecule has 4 nitrogen and oxygen atoms in total. The molecule has 1 unspecified atom stereocenters. The van der Waals surface area contributed by atoms with Crippen LogP contribution in [0.1, 0.15) is 33.6 Å². The Bertz CT molecular complexity index is 180. The smallest absolute Gasteiger partial charge is 0.251 e.